The molecule has 0 saturated carbocycles. The highest BCUT2D eigenvalue weighted by Gasteiger charge is 2.21. The number of hydrogen-bond acceptors (Lipinski definition) is 18. The van der Waals surface area contributed by atoms with Crippen molar-refractivity contribution in [2.75, 3.05) is 46.4 Å². The fourth-order valence-corrected chi connectivity index (χ4v) is 22.4. The van der Waals surface area contributed by atoms with Crippen molar-refractivity contribution >= 4 is 216 Å². The summed E-state index contributed by atoms with van der Waals surface area (Å²) in [5, 5.41) is 7.32. The van der Waals surface area contributed by atoms with E-state index in [2.05, 4.69) is 123 Å². The third-order valence-electron chi connectivity index (χ3n) is 3.56. The van der Waals surface area contributed by atoms with Crippen molar-refractivity contribution in [3.05, 3.63) is 0 Å². The predicted molar refractivity (Wildman–Crippen MR) is 218 cm³/mol. The zero-order valence-electron chi connectivity index (χ0n) is 18.3. The fourth-order valence-electron chi connectivity index (χ4n) is 2.14. The highest BCUT2D eigenvalue weighted by molar-refractivity contribution is 8.68. The first-order valence-electron chi connectivity index (χ1n) is 9.65. The molecule has 0 aromatic carbocycles. The van der Waals surface area contributed by atoms with Crippen molar-refractivity contribution in [2.24, 2.45) is 0 Å². The van der Waals surface area contributed by atoms with Crippen LogP contribution in [0.3, 0.4) is 0 Å². The summed E-state index contributed by atoms with van der Waals surface area (Å²) in [5.74, 6) is 1.04. The lowest BCUT2D eigenvalue weighted by Crippen LogP contribution is -2.11. The summed E-state index contributed by atoms with van der Waals surface area (Å²) in [5.41, 5.74) is 0. The van der Waals surface area contributed by atoms with E-state index in [1.807, 2.05) is 82.3 Å². The van der Waals surface area contributed by atoms with Crippen molar-refractivity contribution in [2.45, 2.75) is 35.8 Å². The lowest BCUT2D eigenvalue weighted by Gasteiger charge is -2.24. The molecule has 0 aromatic heterocycles. The van der Waals surface area contributed by atoms with Crippen LogP contribution in [-0.2, 0) is 0 Å². The monoisotopic (exact) mass is 802 g/mol. The summed E-state index contributed by atoms with van der Waals surface area (Å²) in [6, 6.07) is 0. The largest absolute Gasteiger partial charge is 0.168 e. The highest BCUT2D eigenvalue weighted by atomic mass is 33.1. The van der Waals surface area contributed by atoms with Gasteiger partial charge in [-0.2, -0.15) is 75.8 Å². The van der Waals surface area contributed by atoms with E-state index in [-0.39, 0.29) is 0 Å². The molecule has 34 heavy (non-hydrogen) atoms. The average Bonchev–Trinajstić information content (AvgIpc) is 2.80. The molecule has 0 nitrogen and oxygen atoms in total. The van der Waals surface area contributed by atoms with Gasteiger partial charge in [0.2, 0.25) is 0 Å². The maximum absolute atomic E-state index is 4.52. The number of thiol groups is 7. The van der Waals surface area contributed by atoms with E-state index < -0.39 is 0 Å². The second-order valence-electron chi connectivity index (χ2n) is 5.59. The molecule has 0 heterocycles. The third kappa shape index (κ3) is 23.8. The van der Waals surface area contributed by atoms with Gasteiger partial charge in [-0.05, 0) is 12.8 Å². The zero-order valence-corrected chi connectivity index (χ0v) is 33.5. The van der Waals surface area contributed by atoms with E-state index in [1.165, 1.54) is 0 Å². The molecule has 0 aliphatic heterocycles. The molecule has 0 fully saturated rings. The first-order chi connectivity index (χ1) is 16.6. The first kappa shape index (κ1) is 40.3. The molecule has 0 aromatic rings. The van der Waals surface area contributed by atoms with Crippen molar-refractivity contribution < 1.29 is 0 Å². The SMILES string of the molecule is SCSC(CSS)SCSC(CC(SCS)SCSC(CC(SCS)SCS)SCS)SCS. The Bertz CT molecular complexity index is 407. The summed E-state index contributed by atoms with van der Waals surface area (Å²) in [6.07, 6.45) is 2.31. The second-order valence-corrected chi connectivity index (χ2v) is 25.6. The Morgan fingerprint density at radius 1 is 0.382 bits per heavy atom. The number of thioether (sulfide) groups is 10. The summed E-state index contributed by atoms with van der Waals surface area (Å²) in [7, 11) is 1.62. The Balaban J connectivity index is 4.69. The van der Waals surface area contributed by atoms with Gasteiger partial charge in [-0.25, -0.2) is 0 Å². The maximum atomic E-state index is 4.52. The third-order valence-corrected chi connectivity index (χ3v) is 20.3. The van der Waals surface area contributed by atoms with Gasteiger partial charge in [0.1, 0.15) is 0 Å². The molecule has 0 aliphatic carbocycles. The molecule has 0 saturated heterocycles. The van der Waals surface area contributed by atoms with Crippen LogP contribution < -0.4 is 0 Å². The Morgan fingerprint density at radius 2 is 0.647 bits per heavy atom. The highest BCUT2D eigenvalue weighted by Crippen LogP contribution is 2.43. The van der Waals surface area contributed by atoms with E-state index >= 15 is 0 Å². The van der Waals surface area contributed by atoms with Gasteiger partial charge in [0.15, 0.2) is 0 Å². The molecule has 206 valence electrons. The van der Waals surface area contributed by atoms with Gasteiger partial charge < -0.3 is 0 Å². The summed E-state index contributed by atoms with van der Waals surface area (Å²) < 4.78 is 2.75. The molecule has 0 amide bonds. The average molecular weight is 804 g/mol. The number of hydrogen-bond donors (Lipinski definition) is 7. The van der Waals surface area contributed by atoms with Crippen molar-refractivity contribution in [3.8, 4) is 0 Å². The molecule has 4 unspecified atom stereocenters. The fraction of sp³-hybridized carbons (Fsp3) is 1.00. The minimum Gasteiger partial charge on any atom is -0.168 e. The van der Waals surface area contributed by atoms with Crippen LogP contribution in [0.25, 0.3) is 0 Å². The molecule has 0 rings (SSSR count). The lowest BCUT2D eigenvalue weighted by molar-refractivity contribution is 1.03. The van der Waals surface area contributed by atoms with Gasteiger partial charge in [-0.3, -0.25) is 0 Å². The number of rotatable bonds is 26. The van der Waals surface area contributed by atoms with E-state index in [4.69, 9.17) is 0 Å². The van der Waals surface area contributed by atoms with Gasteiger partial charge in [0.05, 0.1) is 22.9 Å². The second kappa shape index (κ2) is 30.7. The van der Waals surface area contributed by atoms with Crippen LogP contribution >= 0.6 is 216 Å². The predicted octanol–water partition coefficient (Wildman–Crippen LogP) is 10.5. The van der Waals surface area contributed by atoms with Gasteiger partial charge in [-0.1, -0.05) is 10.8 Å². The summed E-state index contributed by atoms with van der Waals surface area (Å²) in [6.45, 7) is 0. The molecule has 0 N–H and O–H groups in total. The van der Waals surface area contributed by atoms with Crippen molar-refractivity contribution in [1.29, 1.82) is 0 Å². The molecule has 0 aliphatic rings. The van der Waals surface area contributed by atoms with Crippen molar-refractivity contribution in [1.82, 2.24) is 0 Å². The van der Waals surface area contributed by atoms with Crippen molar-refractivity contribution in [3.63, 3.8) is 0 Å². The van der Waals surface area contributed by atoms with Gasteiger partial charge >= 0.3 is 0 Å². The Kier molecular flexibility index (Phi) is 36.4. The Labute approximate surface area is 293 Å². The van der Waals surface area contributed by atoms with E-state index in [0.717, 1.165) is 59.3 Å². The molecule has 0 spiro atoms. The molecule has 4 atom stereocenters. The van der Waals surface area contributed by atoms with Crippen LogP contribution in [0.2, 0.25) is 0 Å². The smallest absolute Gasteiger partial charge is 0.0617 e. The van der Waals surface area contributed by atoms with Crippen LogP contribution in [0.4, 0.5) is 0 Å². The Hall–Kier alpha value is 6.30. The molecule has 0 bridgehead atoms. The van der Waals surface area contributed by atoms with Crippen LogP contribution in [0, 0.1) is 0 Å². The minimum atomic E-state index is 0.544. The Morgan fingerprint density at radius 3 is 0.941 bits per heavy atom. The zero-order chi connectivity index (χ0) is 25.4. The molecule has 18 heteroatoms. The van der Waals surface area contributed by atoms with E-state index in [1.54, 1.807) is 10.8 Å². The normalized spacial score (nSPS) is 15.5. The van der Waals surface area contributed by atoms with Gasteiger partial charge in [0.25, 0.3) is 0 Å². The van der Waals surface area contributed by atoms with Crippen LogP contribution in [-0.4, -0.2) is 69.3 Å². The molecular weight excluding hydrogens is 769 g/mol. The maximum Gasteiger partial charge on any atom is 0.0617 e. The van der Waals surface area contributed by atoms with Crippen LogP contribution in [0.5, 0.6) is 0 Å². The summed E-state index contributed by atoms with van der Waals surface area (Å²) >= 11 is 50.9. The molecular formula is C16H34S18. The quantitative estimate of drug-likeness (QED) is 0.0254. The van der Waals surface area contributed by atoms with Crippen LogP contribution in [0.15, 0.2) is 0 Å². The standard InChI is InChI=1S/C16H34S18/c17-4-24-12(25-5-18)1-13(26-6-19)30-10-31-14(27-7-20)2-15(28-8-21)32-11-33-16(3-34-23)29-9-22/h12-23H,1-11H2. The lowest BCUT2D eigenvalue weighted by atomic mass is 10.5. The first-order valence-corrected chi connectivity index (χ1v) is 26.0. The summed E-state index contributed by atoms with van der Waals surface area (Å²) in [4.78, 5) is 0. The minimum absolute atomic E-state index is 0.544. The van der Waals surface area contributed by atoms with E-state index in [9.17, 15) is 0 Å². The van der Waals surface area contributed by atoms with Crippen LogP contribution in [0.1, 0.15) is 12.8 Å². The van der Waals surface area contributed by atoms with Gasteiger partial charge in [0, 0.05) is 46.4 Å². The van der Waals surface area contributed by atoms with Gasteiger partial charge in [-0.15, -0.1) is 129 Å². The topological polar surface area (TPSA) is 0 Å². The molecule has 0 radical (unpaired) electrons. The van der Waals surface area contributed by atoms with E-state index in [0.29, 0.717) is 22.9 Å².